The Labute approximate surface area is 96.5 Å². The highest BCUT2D eigenvalue weighted by molar-refractivity contribution is 5.94. The van der Waals surface area contributed by atoms with Crippen LogP contribution >= 0.6 is 12.4 Å². The van der Waals surface area contributed by atoms with Crippen molar-refractivity contribution in [2.45, 2.75) is 20.3 Å². The van der Waals surface area contributed by atoms with E-state index in [4.69, 9.17) is 5.73 Å². The number of rotatable bonds is 3. The molecule has 0 atom stereocenters. The van der Waals surface area contributed by atoms with Gasteiger partial charge in [0, 0.05) is 17.8 Å². The summed E-state index contributed by atoms with van der Waals surface area (Å²) < 4.78 is 0. The van der Waals surface area contributed by atoms with E-state index in [0.29, 0.717) is 12.1 Å². The van der Waals surface area contributed by atoms with Crippen molar-refractivity contribution in [3.8, 4) is 0 Å². The molecule has 84 valence electrons. The van der Waals surface area contributed by atoms with Gasteiger partial charge in [-0.1, -0.05) is 6.92 Å². The highest BCUT2D eigenvalue weighted by Gasteiger charge is 2.04. The zero-order valence-corrected chi connectivity index (χ0v) is 9.86. The highest BCUT2D eigenvalue weighted by atomic mass is 35.5. The molecule has 0 bridgehead atoms. The predicted molar refractivity (Wildman–Crippen MR) is 65.5 cm³/mol. The van der Waals surface area contributed by atoms with Crippen LogP contribution in [-0.4, -0.2) is 12.5 Å². The average molecular weight is 229 g/mol. The van der Waals surface area contributed by atoms with Gasteiger partial charge in [0.05, 0.1) is 0 Å². The molecule has 0 aliphatic carbocycles. The first kappa shape index (κ1) is 13.8. The Morgan fingerprint density at radius 2 is 2.13 bits per heavy atom. The molecule has 0 saturated carbocycles. The second-order valence-corrected chi connectivity index (χ2v) is 3.33. The second kappa shape index (κ2) is 6.30. The summed E-state index contributed by atoms with van der Waals surface area (Å²) in [5.74, 6) is -0.0325. The lowest BCUT2D eigenvalue weighted by molar-refractivity contribution is 0.0953. The van der Waals surface area contributed by atoms with Gasteiger partial charge in [-0.05, 0) is 37.1 Å². The summed E-state index contributed by atoms with van der Waals surface area (Å²) in [5.41, 5.74) is 7.99. The number of halogens is 1. The molecule has 1 rings (SSSR count). The molecule has 0 aliphatic heterocycles. The van der Waals surface area contributed by atoms with Gasteiger partial charge < -0.3 is 11.1 Å². The Morgan fingerprint density at radius 1 is 1.47 bits per heavy atom. The molecular weight excluding hydrogens is 212 g/mol. The van der Waals surface area contributed by atoms with Crippen molar-refractivity contribution in [3.63, 3.8) is 0 Å². The molecule has 0 radical (unpaired) electrons. The summed E-state index contributed by atoms with van der Waals surface area (Å²) in [6, 6.07) is 5.31. The monoisotopic (exact) mass is 228 g/mol. The van der Waals surface area contributed by atoms with Crippen LogP contribution in [0, 0.1) is 6.92 Å². The summed E-state index contributed by atoms with van der Waals surface area (Å²) in [6.07, 6.45) is 0.944. The fourth-order valence-corrected chi connectivity index (χ4v) is 1.16. The van der Waals surface area contributed by atoms with Crippen LogP contribution in [-0.2, 0) is 0 Å². The smallest absolute Gasteiger partial charge is 0.251 e. The quantitative estimate of drug-likeness (QED) is 0.779. The van der Waals surface area contributed by atoms with Crippen LogP contribution < -0.4 is 11.1 Å². The molecule has 0 unspecified atom stereocenters. The van der Waals surface area contributed by atoms with Crippen molar-refractivity contribution in [2.24, 2.45) is 0 Å². The van der Waals surface area contributed by atoms with Gasteiger partial charge in [0.1, 0.15) is 0 Å². The molecule has 0 aliphatic rings. The third-order valence-corrected chi connectivity index (χ3v) is 2.07. The Balaban J connectivity index is 0.00000196. The number of nitrogens with one attached hydrogen (secondary N) is 1. The van der Waals surface area contributed by atoms with Crippen molar-refractivity contribution in [1.82, 2.24) is 5.32 Å². The molecule has 0 saturated heterocycles. The van der Waals surface area contributed by atoms with Gasteiger partial charge in [-0.3, -0.25) is 4.79 Å². The van der Waals surface area contributed by atoms with Crippen LogP contribution in [0.5, 0.6) is 0 Å². The largest absolute Gasteiger partial charge is 0.399 e. The minimum absolute atomic E-state index is 0. The number of benzene rings is 1. The zero-order valence-electron chi connectivity index (χ0n) is 9.04. The molecule has 3 nitrogen and oxygen atoms in total. The Hall–Kier alpha value is -1.22. The predicted octanol–water partition coefficient (Wildman–Crippen LogP) is 2.14. The van der Waals surface area contributed by atoms with Crippen molar-refractivity contribution in [1.29, 1.82) is 0 Å². The molecule has 15 heavy (non-hydrogen) atoms. The Morgan fingerprint density at radius 3 is 2.67 bits per heavy atom. The summed E-state index contributed by atoms with van der Waals surface area (Å²) in [5, 5.41) is 2.82. The number of hydrogen-bond donors (Lipinski definition) is 2. The minimum Gasteiger partial charge on any atom is -0.399 e. The third kappa shape index (κ3) is 3.80. The van der Waals surface area contributed by atoms with Crippen molar-refractivity contribution in [3.05, 3.63) is 29.3 Å². The van der Waals surface area contributed by atoms with E-state index in [1.165, 1.54) is 0 Å². The molecule has 1 aromatic rings. The molecule has 3 N–H and O–H groups in total. The molecule has 0 spiro atoms. The lowest BCUT2D eigenvalue weighted by atomic mass is 10.1. The van der Waals surface area contributed by atoms with Crippen LogP contribution in [0.4, 0.5) is 5.69 Å². The maximum atomic E-state index is 11.5. The van der Waals surface area contributed by atoms with Crippen molar-refractivity contribution >= 4 is 24.0 Å². The first-order valence-corrected chi connectivity index (χ1v) is 4.79. The molecule has 0 heterocycles. The van der Waals surface area contributed by atoms with E-state index in [1.54, 1.807) is 18.2 Å². The number of amides is 1. The Kier molecular flexibility index (Phi) is 5.79. The van der Waals surface area contributed by atoms with Crippen LogP contribution in [0.2, 0.25) is 0 Å². The SMILES string of the molecule is CCCNC(=O)c1ccc(N)c(C)c1.Cl. The summed E-state index contributed by atoms with van der Waals surface area (Å²) in [4.78, 5) is 11.5. The first-order chi connectivity index (χ1) is 6.65. The molecular formula is C11H17ClN2O. The number of hydrogen-bond acceptors (Lipinski definition) is 2. The first-order valence-electron chi connectivity index (χ1n) is 4.79. The zero-order chi connectivity index (χ0) is 10.6. The number of nitrogens with two attached hydrogens (primary N) is 1. The number of carbonyl (C=O) groups is 1. The third-order valence-electron chi connectivity index (χ3n) is 2.07. The maximum absolute atomic E-state index is 11.5. The molecule has 4 heteroatoms. The number of anilines is 1. The van der Waals surface area contributed by atoms with E-state index in [0.717, 1.165) is 17.7 Å². The molecule has 1 amide bonds. The maximum Gasteiger partial charge on any atom is 0.251 e. The normalized spacial score (nSPS) is 9.20. The summed E-state index contributed by atoms with van der Waals surface area (Å²) in [7, 11) is 0. The summed E-state index contributed by atoms with van der Waals surface area (Å²) >= 11 is 0. The fourth-order valence-electron chi connectivity index (χ4n) is 1.16. The van der Waals surface area contributed by atoms with E-state index in [-0.39, 0.29) is 18.3 Å². The van der Waals surface area contributed by atoms with E-state index < -0.39 is 0 Å². The van der Waals surface area contributed by atoms with E-state index >= 15 is 0 Å². The van der Waals surface area contributed by atoms with E-state index in [1.807, 2.05) is 13.8 Å². The molecule has 0 aromatic heterocycles. The van der Waals surface area contributed by atoms with Crippen LogP contribution in [0.1, 0.15) is 29.3 Å². The highest BCUT2D eigenvalue weighted by Crippen LogP contribution is 2.12. The van der Waals surface area contributed by atoms with Crippen LogP contribution in [0.3, 0.4) is 0 Å². The van der Waals surface area contributed by atoms with E-state index in [2.05, 4.69) is 5.32 Å². The fraction of sp³-hybridized carbons (Fsp3) is 0.364. The topological polar surface area (TPSA) is 55.1 Å². The van der Waals surface area contributed by atoms with Crippen molar-refractivity contribution in [2.75, 3.05) is 12.3 Å². The van der Waals surface area contributed by atoms with E-state index in [9.17, 15) is 4.79 Å². The standard InChI is InChI=1S/C11H16N2O.ClH/c1-3-6-13-11(14)9-4-5-10(12)8(2)7-9;/h4-5,7H,3,6,12H2,1-2H3,(H,13,14);1H. The summed E-state index contributed by atoms with van der Waals surface area (Å²) in [6.45, 7) is 4.63. The lowest BCUT2D eigenvalue weighted by Crippen LogP contribution is -2.24. The molecule has 0 fully saturated rings. The number of carbonyl (C=O) groups excluding carboxylic acids is 1. The van der Waals surface area contributed by atoms with Gasteiger partial charge in [-0.25, -0.2) is 0 Å². The lowest BCUT2D eigenvalue weighted by Gasteiger charge is -2.05. The Bertz CT molecular complexity index is 339. The minimum atomic E-state index is -0.0325. The molecule has 1 aromatic carbocycles. The van der Waals surface area contributed by atoms with Crippen LogP contribution in [0.25, 0.3) is 0 Å². The van der Waals surface area contributed by atoms with Gasteiger partial charge in [0.25, 0.3) is 5.91 Å². The van der Waals surface area contributed by atoms with Gasteiger partial charge >= 0.3 is 0 Å². The van der Waals surface area contributed by atoms with Gasteiger partial charge in [0.15, 0.2) is 0 Å². The van der Waals surface area contributed by atoms with Crippen molar-refractivity contribution < 1.29 is 4.79 Å². The van der Waals surface area contributed by atoms with Gasteiger partial charge in [-0.2, -0.15) is 0 Å². The second-order valence-electron chi connectivity index (χ2n) is 3.33. The van der Waals surface area contributed by atoms with Crippen LogP contribution in [0.15, 0.2) is 18.2 Å². The number of aryl methyl sites for hydroxylation is 1. The average Bonchev–Trinajstić information content (AvgIpc) is 2.18. The van der Waals surface area contributed by atoms with Gasteiger partial charge in [-0.15, -0.1) is 12.4 Å². The number of nitrogen functional groups attached to an aromatic ring is 1. The van der Waals surface area contributed by atoms with Gasteiger partial charge in [0.2, 0.25) is 0 Å².